The molecule has 0 heterocycles. The predicted molar refractivity (Wildman–Crippen MR) is 65.3 cm³/mol. The van der Waals surface area contributed by atoms with Crippen LogP contribution in [-0.2, 0) is 10.8 Å². The molecule has 1 aromatic carbocycles. The molecule has 0 aliphatic carbocycles. The van der Waals surface area contributed by atoms with Crippen LogP contribution in [0.4, 0.5) is 14.5 Å². The van der Waals surface area contributed by atoms with E-state index in [0.29, 0.717) is 0 Å². The van der Waals surface area contributed by atoms with Crippen LogP contribution in [-0.4, -0.2) is 33.3 Å². The van der Waals surface area contributed by atoms with E-state index in [0.717, 1.165) is 12.1 Å². The Bertz CT molecular complexity index is 493. The molecule has 0 bridgehead atoms. The molecule has 0 aliphatic heterocycles. The van der Waals surface area contributed by atoms with Gasteiger partial charge in [-0.05, 0) is 19.1 Å². The highest BCUT2D eigenvalue weighted by atomic mass is 32.2. The van der Waals surface area contributed by atoms with Crippen molar-refractivity contribution in [3.05, 3.63) is 29.3 Å². The highest BCUT2D eigenvalue weighted by Gasteiger charge is 2.18. The summed E-state index contributed by atoms with van der Waals surface area (Å²) in [6.07, 6.45) is 1.50. The molecule has 0 fully saturated rings. The van der Waals surface area contributed by atoms with Gasteiger partial charge in [0.1, 0.15) is 0 Å². The quantitative estimate of drug-likeness (QED) is 0.862. The highest BCUT2D eigenvalue weighted by molar-refractivity contribution is 7.84. The van der Waals surface area contributed by atoms with Crippen LogP contribution in [0, 0.1) is 11.6 Å². The number of rotatable bonds is 5. The Morgan fingerprint density at radius 2 is 2.06 bits per heavy atom. The molecule has 18 heavy (non-hydrogen) atoms. The van der Waals surface area contributed by atoms with Crippen LogP contribution in [0.5, 0.6) is 0 Å². The summed E-state index contributed by atoms with van der Waals surface area (Å²) in [5.74, 6) is -3.90. The monoisotopic (exact) mass is 277 g/mol. The second-order valence-electron chi connectivity index (χ2n) is 3.88. The number of carbonyl (C=O) groups is 1. The average molecular weight is 277 g/mol. The van der Waals surface area contributed by atoms with Gasteiger partial charge in [-0.25, -0.2) is 13.6 Å². The maximum atomic E-state index is 13.5. The van der Waals surface area contributed by atoms with Gasteiger partial charge in [0.05, 0.1) is 11.3 Å². The van der Waals surface area contributed by atoms with E-state index in [1.165, 1.54) is 6.26 Å². The molecular formula is C11H13F2NO3S. The lowest BCUT2D eigenvalue weighted by molar-refractivity contribution is 0.0690. The van der Waals surface area contributed by atoms with Crippen molar-refractivity contribution in [2.24, 2.45) is 0 Å². The Morgan fingerprint density at radius 1 is 1.44 bits per heavy atom. The minimum Gasteiger partial charge on any atom is -0.478 e. The third kappa shape index (κ3) is 3.49. The average Bonchev–Trinajstić information content (AvgIpc) is 2.23. The Hall–Kier alpha value is -1.50. The molecule has 0 radical (unpaired) electrons. The number of aromatic carboxylic acids is 1. The van der Waals surface area contributed by atoms with Gasteiger partial charge in [0, 0.05) is 28.9 Å². The summed E-state index contributed by atoms with van der Waals surface area (Å²) >= 11 is 0. The number of nitrogens with one attached hydrogen (secondary N) is 1. The summed E-state index contributed by atoms with van der Waals surface area (Å²) in [7, 11) is -1.07. The number of carboxylic acid groups (broad SMARTS) is 1. The maximum absolute atomic E-state index is 13.5. The van der Waals surface area contributed by atoms with Crippen LogP contribution in [0.25, 0.3) is 0 Å². The third-order valence-electron chi connectivity index (χ3n) is 2.20. The largest absolute Gasteiger partial charge is 0.478 e. The standard InChI is InChI=1S/C11H13F2NO3S/c1-6(5-18(2)17)14-8-4-3-7(11(15)16)9(12)10(8)13/h3-4,6,14H,5H2,1-2H3,(H,15,16). The van der Waals surface area contributed by atoms with Crippen molar-refractivity contribution in [1.29, 1.82) is 0 Å². The van der Waals surface area contributed by atoms with Crippen molar-refractivity contribution in [1.82, 2.24) is 0 Å². The molecule has 0 aromatic heterocycles. The minimum absolute atomic E-state index is 0.143. The first-order chi connectivity index (χ1) is 8.32. The molecule has 2 unspecified atom stereocenters. The second-order valence-corrected chi connectivity index (χ2v) is 5.36. The van der Waals surface area contributed by atoms with Gasteiger partial charge in [-0.2, -0.15) is 0 Å². The van der Waals surface area contributed by atoms with E-state index in [-0.39, 0.29) is 17.5 Å². The smallest absolute Gasteiger partial charge is 0.338 e. The molecule has 7 heteroatoms. The predicted octanol–water partition coefficient (Wildman–Crippen LogP) is 1.84. The molecular weight excluding hydrogens is 264 g/mol. The molecule has 0 spiro atoms. The number of halogens is 2. The van der Waals surface area contributed by atoms with Gasteiger partial charge in [-0.3, -0.25) is 4.21 Å². The van der Waals surface area contributed by atoms with E-state index in [1.54, 1.807) is 6.92 Å². The fourth-order valence-electron chi connectivity index (χ4n) is 1.49. The van der Waals surface area contributed by atoms with Gasteiger partial charge in [-0.15, -0.1) is 0 Å². The molecule has 0 saturated heterocycles. The fourth-order valence-corrected chi connectivity index (χ4v) is 2.27. The number of hydrogen-bond acceptors (Lipinski definition) is 3. The van der Waals surface area contributed by atoms with E-state index < -0.39 is 34.0 Å². The van der Waals surface area contributed by atoms with E-state index in [4.69, 9.17) is 5.11 Å². The van der Waals surface area contributed by atoms with Crippen LogP contribution >= 0.6 is 0 Å². The molecule has 0 aliphatic rings. The molecule has 1 rings (SSSR count). The summed E-state index contributed by atoms with van der Waals surface area (Å²) in [4.78, 5) is 10.6. The highest BCUT2D eigenvalue weighted by Crippen LogP contribution is 2.21. The maximum Gasteiger partial charge on any atom is 0.338 e. The van der Waals surface area contributed by atoms with Crippen molar-refractivity contribution in [3.63, 3.8) is 0 Å². The zero-order chi connectivity index (χ0) is 13.9. The van der Waals surface area contributed by atoms with Gasteiger partial charge in [0.25, 0.3) is 0 Å². The van der Waals surface area contributed by atoms with Crippen LogP contribution < -0.4 is 5.32 Å². The summed E-state index contributed by atoms with van der Waals surface area (Å²) in [6, 6.07) is 1.82. The first-order valence-electron chi connectivity index (χ1n) is 5.10. The normalized spacial score (nSPS) is 14.0. The number of anilines is 1. The summed E-state index contributed by atoms with van der Waals surface area (Å²) < 4.78 is 37.9. The summed E-state index contributed by atoms with van der Waals surface area (Å²) in [6.45, 7) is 1.67. The van der Waals surface area contributed by atoms with E-state index >= 15 is 0 Å². The number of carboxylic acids is 1. The third-order valence-corrected chi connectivity index (χ3v) is 3.17. The molecule has 1 aromatic rings. The Balaban J connectivity index is 2.95. The topological polar surface area (TPSA) is 66.4 Å². The van der Waals surface area contributed by atoms with E-state index in [2.05, 4.69) is 5.32 Å². The van der Waals surface area contributed by atoms with Crippen LogP contribution in [0.3, 0.4) is 0 Å². The van der Waals surface area contributed by atoms with Crippen molar-refractivity contribution in [2.45, 2.75) is 13.0 Å². The Morgan fingerprint density at radius 3 is 2.56 bits per heavy atom. The number of hydrogen-bond donors (Lipinski definition) is 2. The Kier molecular flexibility index (Phi) is 4.77. The lowest BCUT2D eigenvalue weighted by Crippen LogP contribution is -2.23. The van der Waals surface area contributed by atoms with Gasteiger partial charge in [0.15, 0.2) is 11.6 Å². The summed E-state index contributed by atoms with van der Waals surface area (Å²) in [5.41, 5.74) is -0.861. The molecule has 100 valence electrons. The lowest BCUT2D eigenvalue weighted by atomic mass is 10.1. The molecule has 2 N–H and O–H groups in total. The second kappa shape index (κ2) is 5.90. The van der Waals surface area contributed by atoms with Gasteiger partial charge in [-0.1, -0.05) is 0 Å². The van der Waals surface area contributed by atoms with Crippen LogP contribution in [0.15, 0.2) is 12.1 Å². The van der Waals surface area contributed by atoms with E-state index in [9.17, 15) is 17.8 Å². The van der Waals surface area contributed by atoms with Gasteiger partial charge < -0.3 is 10.4 Å². The van der Waals surface area contributed by atoms with Crippen LogP contribution in [0.1, 0.15) is 17.3 Å². The Labute approximate surface area is 105 Å². The molecule has 0 saturated carbocycles. The fraction of sp³-hybridized carbons (Fsp3) is 0.364. The first-order valence-corrected chi connectivity index (χ1v) is 6.83. The zero-order valence-corrected chi connectivity index (χ0v) is 10.7. The van der Waals surface area contributed by atoms with Gasteiger partial charge >= 0.3 is 5.97 Å². The van der Waals surface area contributed by atoms with Gasteiger partial charge in [0.2, 0.25) is 0 Å². The van der Waals surface area contributed by atoms with Crippen molar-refractivity contribution in [2.75, 3.05) is 17.3 Å². The summed E-state index contributed by atoms with van der Waals surface area (Å²) in [5, 5.41) is 11.3. The lowest BCUT2D eigenvalue weighted by Gasteiger charge is -2.15. The minimum atomic E-state index is -1.53. The molecule has 2 atom stereocenters. The van der Waals surface area contributed by atoms with E-state index in [1.807, 2.05) is 0 Å². The van der Waals surface area contributed by atoms with Crippen LogP contribution in [0.2, 0.25) is 0 Å². The van der Waals surface area contributed by atoms with Crippen molar-refractivity contribution in [3.8, 4) is 0 Å². The SMILES string of the molecule is CC(CS(C)=O)Nc1ccc(C(=O)O)c(F)c1F. The first kappa shape index (κ1) is 14.6. The molecule has 4 nitrogen and oxygen atoms in total. The van der Waals surface area contributed by atoms with Crippen molar-refractivity contribution >= 4 is 22.5 Å². The van der Waals surface area contributed by atoms with Crippen molar-refractivity contribution < 1.29 is 22.9 Å². The number of benzene rings is 1. The zero-order valence-electron chi connectivity index (χ0n) is 9.87. The molecule has 0 amide bonds.